The van der Waals surface area contributed by atoms with Crippen LogP contribution < -0.4 is 25.3 Å². The molecule has 28 heavy (non-hydrogen) atoms. The van der Waals surface area contributed by atoms with Gasteiger partial charge in [0, 0.05) is 18.0 Å². The summed E-state index contributed by atoms with van der Waals surface area (Å²) in [7, 11) is 3.02. The second-order valence-corrected chi connectivity index (χ2v) is 5.16. The van der Waals surface area contributed by atoms with E-state index in [1.807, 2.05) is 0 Å². The van der Waals surface area contributed by atoms with Gasteiger partial charge in [0.05, 0.1) is 20.8 Å². The summed E-state index contributed by atoms with van der Waals surface area (Å²) in [5, 5.41) is 2.84. The zero-order valence-electron chi connectivity index (χ0n) is 15.1. The number of alkyl halides is 3. The van der Waals surface area contributed by atoms with Gasteiger partial charge in [-0.2, -0.15) is 13.2 Å². The molecule has 0 atom stereocenters. The van der Waals surface area contributed by atoms with Crippen LogP contribution in [0.5, 0.6) is 17.4 Å². The summed E-state index contributed by atoms with van der Waals surface area (Å²) in [5.74, 6) is 0.644. The van der Waals surface area contributed by atoms with Crippen LogP contribution in [0.25, 0.3) is 0 Å². The van der Waals surface area contributed by atoms with Crippen molar-refractivity contribution in [3.8, 4) is 17.4 Å². The first-order valence-electron chi connectivity index (χ1n) is 7.79. The van der Waals surface area contributed by atoms with E-state index in [2.05, 4.69) is 15.3 Å². The summed E-state index contributed by atoms with van der Waals surface area (Å²) in [6, 6.07) is 7.17. The summed E-state index contributed by atoms with van der Waals surface area (Å²) in [6.45, 7) is -0.0750. The van der Waals surface area contributed by atoms with Crippen molar-refractivity contribution < 1.29 is 27.4 Å². The van der Waals surface area contributed by atoms with Gasteiger partial charge in [0.25, 0.3) is 0 Å². The average molecular weight is 512 g/mol. The minimum atomic E-state index is -4.54. The predicted octanol–water partition coefficient (Wildman–Crippen LogP) is 3.54. The number of nitrogens with zero attached hydrogens (tertiary/aromatic N) is 2. The fourth-order valence-electron chi connectivity index (χ4n) is 2.13. The van der Waals surface area contributed by atoms with Crippen molar-refractivity contribution >= 4 is 35.6 Å². The van der Waals surface area contributed by atoms with Gasteiger partial charge >= 0.3 is 6.18 Å². The Bertz CT molecular complexity index is 803. The highest BCUT2D eigenvalue weighted by Crippen LogP contribution is 2.34. The molecule has 0 saturated carbocycles. The van der Waals surface area contributed by atoms with Gasteiger partial charge in [-0.25, -0.2) is 9.98 Å². The van der Waals surface area contributed by atoms with Gasteiger partial charge in [0.15, 0.2) is 17.5 Å². The molecular weight excluding hydrogens is 492 g/mol. The Balaban J connectivity index is 0.00000392. The number of nitrogens with two attached hydrogens (primary N) is 1. The van der Waals surface area contributed by atoms with E-state index in [-0.39, 0.29) is 43.1 Å². The topological polar surface area (TPSA) is 91.0 Å². The number of aliphatic imine (C=N–C) groups is 1. The minimum absolute atomic E-state index is 0. The zero-order chi connectivity index (χ0) is 19.9. The molecule has 1 aromatic heterocycles. The fourth-order valence-corrected chi connectivity index (χ4v) is 2.13. The van der Waals surface area contributed by atoms with Crippen molar-refractivity contribution in [2.75, 3.05) is 32.7 Å². The molecule has 0 aliphatic carbocycles. The largest absolute Gasteiger partial charge is 0.493 e. The van der Waals surface area contributed by atoms with Crippen LogP contribution in [0.2, 0.25) is 0 Å². The normalized spacial score (nSPS) is 11.4. The number of pyridine rings is 1. The van der Waals surface area contributed by atoms with Gasteiger partial charge in [0.1, 0.15) is 12.2 Å². The lowest BCUT2D eigenvalue weighted by Crippen LogP contribution is -2.23. The monoisotopic (exact) mass is 512 g/mol. The van der Waals surface area contributed by atoms with Gasteiger partial charge in [-0.15, -0.1) is 24.0 Å². The molecule has 1 aromatic carbocycles. The number of anilines is 1. The SMILES string of the molecule is COc1ccc(NC(N)=NCCOc2ncccc2C(F)(F)F)cc1OC.I. The van der Waals surface area contributed by atoms with Crippen molar-refractivity contribution in [3.05, 3.63) is 42.1 Å². The molecule has 0 aliphatic rings. The maximum absolute atomic E-state index is 12.8. The van der Waals surface area contributed by atoms with Crippen LogP contribution >= 0.6 is 24.0 Å². The standard InChI is InChI=1S/C17H19F3N4O3.HI/c1-25-13-6-5-11(10-14(13)26-2)24-16(21)23-8-9-27-15-12(17(18,19)20)4-3-7-22-15;/h3-7,10H,8-9H2,1-2H3,(H3,21,23,24);1H. The lowest BCUT2D eigenvalue weighted by molar-refractivity contribution is -0.139. The number of benzene rings is 1. The highest BCUT2D eigenvalue weighted by molar-refractivity contribution is 14.0. The summed E-state index contributed by atoms with van der Waals surface area (Å²) >= 11 is 0. The Hall–Kier alpha value is -2.44. The van der Waals surface area contributed by atoms with Crippen LogP contribution in [0.15, 0.2) is 41.5 Å². The van der Waals surface area contributed by atoms with Gasteiger partial charge in [-0.1, -0.05) is 0 Å². The first-order chi connectivity index (χ1) is 12.8. The Morgan fingerprint density at radius 2 is 1.89 bits per heavy atom. The molecule has 0 bridgehead atoms. The smallest absolute Gasteiger partial charge is 0.421 e. The van der Waals surface area contributed by atoms with Crippen LogP contribution in [0.4, 0.5) is 18.9 Å². The zero-order valence-corrected chi connectivity index (χ0v) is 17.4. The molecule has 3 N–H and O–H groups in total. The fraction of sp³-hybridized carbons (Fsp3) is 0.294. The van der Waals surface area contributed by atoms with E-state index in [1.165, 1.54) is 26.5 Å². The average Bonchev–Trinajstić information content (AvgIpc) is 2.64. The van der Waals surface area contributed by atoms with Crippen LogP contribution in [0, 0.1) is 0 Å². The van der Waals surface area contributed by atoms with Crippen molar-refractivity contribution in [3.63, 3.8) is 0 Å². The highest BCUT2D eigenvalue weighted by Gasteiger charge is 2.34. The summed E-state index contributed by atoms with van der Waals surface area (Å²) in [4.78, 5) is 7.60. The quantitative estimate of drug-likeness (QED) is 0.255. The molecule has 0 fully saturated rings. The Labute approximate surface area is 177 Å². The molecule has 0 radical (unpaired) electrons. The third-order valence-electron chi connectivity index (χ3n) is 3.34. The van der Waals surface area contributed by atoms with Gasteiger partial charge in [-0.05, 0) is 24.3 Å². The van der Waals surface area contributed by atoms with Crippen molar-refractivity contribution in [1.29, 1.82) is 0 Å². The van der Waals surface area contributed by atoms with E-state index in [0.717, 1.165) is 6.07 Å². The molecule has 2 rings (SSSR count). The van der Waals surface area contributed by atoms with Crippen molar-refractivity contribution in [2.45, 2.75) is 6.18 Å². The van der Waals surface area contributed by atoms with Crippen LogP contribution in [-0.4, -0.2) is 38.3 Å². The number of hydrogen-bond donors (Lipinski definition) is 2. The summed E-state index contributed by atoms with van der Waals surface area (Å²) in [6.07, 6.45) is -3.32. The maximum Gasteiger partial charge on any atom is 0.421 e. The second kappa shape index (κ2) is 10.8. The van der Waals surface area contributed by atoms with E-state index in [9.17, 15) is 13.2 Å². The van der Waals surface area contributed by atoms with Gasteiger partial charge in [-0.3, -0.25) is 0 Å². The summed E-state index contributed by atoms with van der Waals surface area (Å²) in [5.41, 5.74) is 5.43. The lowest BCUT2D eigenvalue weighted by atomic mass is 10.2. The van der Waals surface area contributed by atoms with Crippen LogP contribution in [0.1, 0.15) is 5.56 Å². The number of nitrogens with one attached hydrogen (secondary N) is 1. The number of hydrogen-bond acceptors (Lipinski definition) is 5. The second-order valence-electron chi connectivity index (χ2n) is 5.16. The number of methoxy groups -OCH3 is 2. The third-order valence-corrected chi connectivity index (χ3v) is 3.34. The molecule has 7 nitrogen and oxygen atoms in total. The molecule has 154 valence electrons. The third kappa shape index (κ3) is 6.62. The number of rotatable bonds is 7. The van der Waals surface area contributed by atoms with Crippen molar-refractivity contribution in [2.24, 2.45) is 10.7 Å². The Morgan fingerprint density at radius 1 is 1.18 bits per heavy atom. The Kier molecular flexibility index (Phi) is 9.09. The minimum Gasteiger partial charge on any atom is -0.493 e. The molecule has 0 amide bonds. The van der Waals surface area contributed by atoms with E-state index in [1.54, 1.807) is 18.2 Å². The van der Waals surface area contributed by atoms with E-state index < -0.39 is 17.6 Å². The van der Waals surface area contributed by atoms with Gasteiger partial charge in [0.2, 0.25) is 5.88 Å². The molecule has 11 heteroatoms. The lowest BCUT2D eigenvalue weighted by Gasteiger charge is -2.12. The maximum atomic E-state index is 12.8. The molecule has 0 aliphatic heterocycles. The first-order valence-corrected chi connectivity index (χ1v) is 7.79. The van der Waals surface area contributed by atoms with E-state index in [0.29, 0.717) is 17.2 Å². The highest BCUT2D eigenvalue weighted by atomic mass is 127. The Morgan fingerprint density at radius 3 is 2.54 bits per heavy atom. The molecule has 1 heterocycles. The van der Waals surface area contributed by atoms with Crippen molar-refractivity contribution in [1.82, 2.24) is 4.98 Å². The predicted molar refractivity (Wildman–Crippen MR) is 110 cm³/mol. The number of guanidine groups is 1. The molecule has 0 unspecified atom stereocenters. The number of ether oxygens (including phenoxy) is 3. The first kappa shape index (κ1) is 23.6. The number of aromatic nitrogens is 1. The molecular formula is C17H20F3IN4O3. The molecule has 0 spiro atoms. The molecule has 0 saturated heterocycles. The van der Waals surface area contributed by atoms with E-state index in [4.69, 9.17) is 19.9 Å². The molecule has 2 aromatic rings. The van der Waals surface area contributed by atoms with Crippen LogP contribution in [0.3, 0.4) is 0 Å². The van der Waals surface area contributed by atoms with Gasteiger partial charge < -0.3 is 25.3 Å². The summed E-state index contributed by atoms with van der Waals surface area (Å²) < 4.78 is 53.9. The van der Waals surface area contributed by atoms with E-state index >= 15 is 0 Å². The van der Waals surface area contributed by atoms with Crippen LogP contribution in [-0.2, 0) is 6.18 Å². The number of halogens is 4.